The average Bonchev–Trinajstić information content (AvgIpc) is 3.73. The van der Waals surface area contributed by atoms with Crippen LogP contribution in [0.25, 0.3) is 71.3 Å². The zero-order chi connectivity index (χ0) is 32.3. The molecule has 0 radical (unpaired) electrons. The highest BCUT2D eigenvalue weighted by molar-refractivity contribution is 6.20. The molecule has 2 heterocycles. The van der Waals surface area contributed by atoms with Gasteiger partial charge in [0.1, 0.15) is 11.2 Å². The van der Waals surface area contributed by atoms with E-state index in [2.05, 4.69) is 191 Å². The minimum atomic E-state index is 0.868. The number of hydrogen-bond acceptors (Lipinski definition) is 2. The van der Waals surface area contributed by atoms with Crippen molar-refractivity contribution in [2.45, 2.75) is 0 Å². The summed E-state index contributed by atoms with van der Waals surface area (Å²) in [5.74, 6) is 0. The van der Waals surface area contributed by atoms with E-state index in [1.54, 1.807) is 0 Å². The number of aromatic nitrogens is 1. The smallest absolute Gasteiger partial charge is 0.143 e. The molecule has 8 aromatic carbocycles. The molecule has 10 rings (SSSR count). The van der Waals surface area contributed by atoms with Gasteiger partial charge in [0, 0.05) is 38.5 Å². The molecule has 3 heteroatoms. The molecular formula is C46H30N2O. The Kier molecular flexibility index (Phi) is 6.18. The van der Waals surface area contributed by atoms with E-state index in [0.717, 1.165) is 55.6 Å². The fourth-order valence-electron chi connectivity index (χ4n) is 7.61. The Bertz CT molecular complexity index is 2770. The summed E-state index contributed by atoms with van der Waals surface area (Å²) in [6, 6.07) is 64.9. The van der Waals surface area contributed by atoms with E-state index in [1.807, 2.05) is 0 Å². The highest BCUT2D eigenvalue weighted by Crippen LogP contribution is 2.47. The van der Waals surface area contributed by atoms with Crippen LogP contribution in [0.15, 0.2) is 186 Å². The van der Waals surface area contributed by atoms with Crippen molar-refractivity contribution in [3.8, 4) is 16.8 Å². The number of anilines is 3. The average molecular weight is 627 g/mol. The second-order valence-electron chi connectivity index (χ2n) is 12.5. The van der Waals surface area contributed by atoms with Crippen molar-refractivity contribution < 1.29 is 4.42 Å². The highest BCUT2D eigenvalue weighted by atomic mass is 16.3. The number of para-hydroxylation sites is 3. The number of nitrogens with zero attached hydrogens (tertiary/aromatic N) is 2. The van der Waals surface area contributed by atoms with Crippen molar-refractivity contribution in [1.29, 1.82) is 0 Å². The van der Waals surface area contributed by atoms with Crippen LogP contribution in [0, 0.1) is 0 Å². The van der Waals surface area contributed by atoms with Crippen LogP contribution in [-0.2, 0) is 0 Å². The summed E-state index contributed by atoms with van der Waals surface area (Å²) in [6.07, 6.45) is 0. The highest BCUT2D eigenvalue weighted by Gasteiger charge is 2.23. The van der Waals surface area contributed by atoms with Crippen molar-refractivity contribution in [3.63, 3.8) is 0 Å². The van der Waals surface area contributed by atoms with Crippen LogP contribution >= 0.6 is 0 Å². The van der Waals surface area contributed by atoms with Gasteiger partial charge in [0.25, 0.3) is 0 Å². The largest absolute Gasteiger partial charge is 0.455 e. The Labute approximate surface area is 283 Å². The quantitative estimate of drug-likeness (QED) is 0.190. The number of fused-ring (bicyclic) bond motifs is 8. The van der Waals surface area contributed by atoms with Crippen LogP contribution < -0.4 is 4.90 Å². The van der Waals surface area contributed by atoms with Gasteiger partial charge in [0.15, 0.2) is 0 Å². The first-order chi connectivity index (χ1) is 24.3. The summed E-state index contributed by atoms with van der Waals surface area (Å²) in [5, 5.41) is 7.00. The van der Waals surface area contributed by atoms with Crippen molar-refractivity contribution >= 4 is 71.6 Å². The van der Waals surface area contributed by atoms with Crippen LogP contribution in [-0.4, -0.2) is 4.57 Å². The summed E-state index contributed by atoms with van der Waals surface area (Å²) in [7, 11) is 0. The molecule has 0 saturated heterocycles. The lowest BCUT2D eigenvalue weighted by molar-refractivity contribution is 0.672. The molecule has 0 amide bonds. The number of furan rings is 1. The van der Waals surface area contributed by atoms with E-state index in [4.69, 9.17) is 4.42 Å². The Morgan fingerprint density at radius 3 is 1.84 bits per heavy atom. The molecule has 0 unspecified atom stereocenters. The standard InChI is InChI=1S/C46H30N2O/c1-2-13-31(14-3-1)35-16-6-9-20-40(35)48(43-23-12-24-44-45(43)39-30-25-32-15-4-5-17-36(32)46(39)49-44)34-28-26-33(27-29-34)47-41-21-10-7-18-37(41)38-19-8-11-22-42(38)47/h1-30H. The zero-order valence-electron chi connectivity index (χ0n) is 26.6. The monoisotopic (exact) mass is 626 g/mol. The Morgan fingerprint density at radius 2 is 1.06 bits per heavy atom. The topological polar surface area (TPSA) is 21.3 Å². The summed E-state index contributed by atoms with van der Waals surface area (Å²) in [6.45, 7) is 0. The third kappa shape index (κ3) is 4.29. The van der Waals surface area contributed by atoms with Gasteiger partial charge in [-0.3, -0.25) is 0 Å². The van der Waals surface area contributed by atoms with E-state index in [9.17, 15) is 0 Å². The Morgan fingerprint density at radius 1 is 0.429 bits per heavy atom. The van der Waals surface area contributed by atoms with E-state index < -0.39 is 0 Å². The predicted molar refractivity (Wildman–Crippen MR) is 206 cm³/mol. The first-order valence-electron chi connectivity index (χ1n) is 16.7. The molecule has 0 spiro atoms. The minimum Gasteiger partial charge on any atom is -0.455 e. The van der Waals surface area contributed by atoms with E-state index in [1.165, 1.54) is 32.8 Å². The first-order valence-corrected chi connectivity index (χ1v) is 16.7. The van der Waals surface area contributed by atoms with E-state index >= 15 is 0 Å². The van der Waals surface area contributed by atoms with Gasteiger partial charge in [-0.25, -0.2) is 0 Å². The lowest BCUT2D eigenvalue weighted by atomic mass is 10.0. The molecule has 230 valence electrons. The van der Waals surface area contributed by atoms with Crippen molar-refractivity contribution in [2.24, 2.45) is 0 Å². The molecule has 0 bridgehead atoms. The second-order valence-corrected chi connectivity index (χ2v) is 12.5. The van der Waals surface area contributed by atoms with Crippen LogP contribution in [0.3, 0.4) is 0 Å². The van der Waals surface area contributed by atoms with Crippen LogP contribution in [0.4, 0.5) is 17.1 Å². The lowest BCUT2D eigenvalue weighted by Gasteiger charge is -2.28. The lowest BCUT2D eigenvalue weighted by Crippen LogP contribution is -2.11. The zero-order valence-corrected chi connectivity index (χ0v) is 26.6. The summed E-state index contributed by atoms with van der Waals surface area (Å²) < 4.78 is 9.03. The van der Waals surface area contributed by atoms with Crippen molar-refractivity contribution in [1.82, 2.24) is 4.57 Å². The second kappa shape index (κ2) is 11.0. The third-order valence-corrected chi connectivity index (χ3v) is 9.78. The van der Waals surface area contributed by atoms with Gasteiger partial charge in [-0.05, 0) is 71.6 Å². The summed E-state index contributed by atoms with van der Waals surface area (Å²) in [5.41, 5.74) is 10.9. The molecule has 0 N–H and O–H groups in total. The summed E-state index contributed by atoms with van der Waals surface area (Å²) in [4.78, 5) is 2.39. The molecule has 3 nitrogen and oxygen atoms in total. The molecule has 0 aliphatic carbocycles. The van der Waals surface area contributed by atoms with E-state index in [0.29, 0.717) is 0 Å². The predicted octanol–water partition coefficient (Wildman–Crippen LogP) is 13.0. The number of hydrogen-bond donors (Lipinski definition) is 0. The Hall–Kier alpha value is -6.58. The van der Waals surface area contributed by atoms with Crippen LogP contribution in [0.2, 0.25) is 0 Å². The normalized spacial score (nSPS) is 11.7. The first kappa shape index (κ1) is 27.5. The maximum atomic E-state index is 6.66. The maximum absolute atomic E-state index is 6.66. The van der Waals surface area contributed by atoms with Gasteiger partial charge in [-0.1, -0.05) is 121 Å². The molecule has 0 atom stereocenters. The number of rotatable bonds is 5. The minimum absolute atomic E-state index is 0.868. The number of benzene rings is 8. The third-order valence-electron chi connectivity index (χ3n) is 9.78. The fourth-order valence-corrected chi connectivity index (χ4v) is 7.61. The molecule has 49 heavy (non-hydrogen) atoms. The fraction of sp³-hybridized carbons (Fsp3) is 0. The molecule has 0 fully saturated rings. The molecular weight excluding hydrogens is 597 g/mol. The Balaban J connectivity index is 1.23. The molecule has 2 aromatic heterocycles. The van der Waals surface area contributed by atoms with Gasteiger partial charge in [-0.15, -0.1) is 0 Å². The molecule has 10 aromatic rings. The van der Waals surface area contributed by atoms with Crippen molar-refractivity contribution in [3.05, 3.63) is 182 Å². The van der Waals surface area contributed by atoms with Crippen molar-refractivity contribution in [2.75, 3.05) is 4.90 Å². The maximum Gasteiger partial charge on any atom is 0.143 e. The molecule has 0 aliphatic rings. The SMILES string of the molecule is c1ccc(-c2ccccc2N(c2ccc(-n3c4ccccc4c4ccccc43)cc2)c2cccc3oc4c5ccccc5ccc4c23)cc1. The van der Waals surface area contributed by atoms with E-state index in [-0.39, 0.29) is 0 Å². The van der Waals surface area contributed by atoms with Gasteiger partial charge in [0.05, 0.1) is 27.8 Å². The van der Waals surface area contributed by atoms with Crippen LogP contribution in [0.5, 0.6) is 0 Å². The molecule has 0 aliphatic heterocycles. The molecule has 0 saturated carbocycles. The van der Waals surface area contributed by atoms with Gasteiger partial charge in [-0.2, -0.15) is 0 Å². The van der Waals surface area contributed by atoms with Gasteiger partial charge in [0.2, 0.25) is 0 Å². The van der Waals surface area contributed by atoms with Crippen LogP contribution in [0.1, 0.15) is 0 Å². The summed E-state index contributed by atoms with van der Waals surface area (Å²) >= 11 is 0. The van der Waals surface area contributed by atoms with Gasteiger partial charge < -0.3 is 13.9 Å². The van der Waals surface area contributed by atoms with Gasteiger partial charge >= 0.3 is 0 Å².